The van der Waals surface area contributed by atoms with Crippen molar-refractivity contribution < 1.29 is 0 Å². The van der Waals surface area contributed by atoms with E-state index in [0.29, 0.717) is 17.2 Å². The molecule has 21 heavy (non-hydrogen) atoms. The summed E-state index contributed by atoms with van der Waals surface area (Å²) in [6.45, 7) is 5.88. The molecule has 7 nitrogen and oxygen atoms in total. The molecule has 1 N–H and O–H groups in total. The Morgan fingerprint density at radius 1 is 0.905 bits per heavy atom. The van der Waals surface area contributed by atoms with Crippen LogP contribution in [0.1, 0.15) is 32.4 Å². The van der Waals surface area contributed by atoms with Gasteiger partial charge in [-0.25, -0.2) is 29.9 Å². The highest BCUT2D eigenvalue weighted by atomic mass is 15.0. The van der Waals surface area contributed by atoms with Gasteiger partial charge in [0.05, 0.1) is 5.71 Å². The maximum Gasteiger partial charge on any atom is 0.180 e. The maximum absolute atomic E-state index is 7.95. The van der Waals surface area contributed by atoms with Gasteiger partial charge in [0.2, 0.25) is 0 Å². The Hall–Kier alpha value is -2.83. The molecule has 0 aliphatic rings. The summed E-state index contributed by atoms with van der Waals surface area (Å²) >= 11 is 0. The zero-order chi connectivity index (χ0) is 15.5. The van der Waals surface area contributed by atoms with Crippen molar-refractivity contribution in [3.8, 4) is 0 Å². The fraction of sp³-hybridized carbons (Fsp3) is 0.214. The summed E-state index contributed by atoms with van der Waals surface area (Å²) in [5.41, 5.74) is 0.853. The largest absolute Gasteiger partial charge is 0.297 e. The average Bonchev–Trinajstić information content (AvgIpc) is 2.58. The van der Waals surface area contributed by atoms with Gasteiger partial charge in [0, 0.05) is 5.57 Å². The average molecular weight is 283 g/mol. The van der Waals surface area contributed by atoms with Crippen molar-refractivity contribution in [1.29, 1.82) is 5.41 Å². The van der Waals surface area contributed by atoms with E-state index in [2.05, 4.69) is 29.9 Å². The van der Waals surface area contributed by atoms with E-state index in [-0.39, 0.29) is 5.71 Å². The zero-order valence-electron chi connectivity index (χ0n) is 12.2. The quantitative estimate of drug-likeness (QED) is 0.681. The van der Waals surface area contributed by atoms with Crippen molar-refractivity contribution in [3.63, 3.8) is 0 Å². The lowest BCUT2D eigenvalue weighted by molar-refractivity contribution is 1.02. The van der Waals surface area contributed by atoms with Crippen LogP contribution in [0.4, 0.5) is 0 Å². The van der Waals surface area contributed by atoms with Crippen LogP contribution < -0.4 is 0 Å². The van der Waals surface area contributed by atoms with Crippen LogP contribution in [-0.4, -0.2) is 35.6 Å². The third-order valence-corrected chi connectivity index (χ3v) is 2.13. The zero-order valence-corrected chi connectivity index (χ0v) is 12.2. The molecular weight excluding hydrogens is 266 g/mol. The number of hydrogen-bond donors (Lipinski definition) is 1. The lowest BCUT2D eigenvalue weighted by Gasteiger charge is -2.01. The molecule has 0 aliphatic heterocycles. The lowest BCUT2D eigenvalue weighted by atomic mass is 10.1. The minimum Gasteiger partial charge on any atom is -0.297 e. The monoisotopic (exact) mass is 283 g/mol. The van der Waals surface area contributed by atoms with Crippen LogP contribution in [0.5, 0.6) is 0 Å². The third-order valence-electron chi connectivity index (χ3n) is 2.13. The smallest absolute Gasteiger partial charge is 0.180 e. The number of allylic oxidation sites excluding steroid dienone is 4. The molecule has 0 radical (unpaired) electrons. The summed E-state index contributed by atoms with van der Waals surface area (Å²) in [6, 6.07) is 0. The van der Waals surface area contributed by atoms with E-state index >= 15 is 0 Å². The van der Waals surface area contributed by atoms with Crippen LogP contribution in [0.2, 0.25) is 0 Å². The molecule has 0 bridgehead atoms. The summed E-state index contributed by atoms with van der Waals surface area (Å²) in [4.78, 5) is 23.4. The van der Waals surface area contributed by atoms with Crippen LogP contribution >= 0.6 is 0 Å². The lowest BCUT2D eigenvalue weighted by Crippen LogP contribution is -2.04. The molecule has 2 rings (SSSR count). The highest BCUT2D eigenvalue weighted by Crippen LogP contribution is 2.10. The van der Waals surface area contributed by atoms with Gasteiger partial charge in [-0.15, -0.1) is 0 Å². The standard InChI is InChI=1S/C12H11N7.C2H6/c1-2-3-9(11-16-5-14-6-17-11)4-10(13)12-18-7-15-8-19-12;1-2/h2-8,13H,1H3;1-2H3/b3-2-,9-4+,13-10?;. The summed E-state index contributed by atoms with van der Waals surface area (Å²) in [5, 5.41) is 7.95. The number of rotatable bonds is 4. The van der Waals surface area contributed by atoms with E-state index in [4.69, 9.17) is 5.41 Å². The van der Waals surface area contributed by atoms with E-state index in [9.17, 15) is 0 Å². The molecule has 0 amide bonds. The van der Waals surface area contributed by atoms with E-state index in [1.807, 2.05) is 32.9 Å². The Morgan fingerprint density at radius 3 is 1.86 bits per heavy atom. The second-order valence-corrected chi connectivity index (χ2v) is 3.44. The van der Waals surface area contributed by atoms with Gasteiger partial charge in [0.15, 0.2) is 11.6 Å². The summed E-state index contributed by atoms with van der Waals surface area (Å²) in [7, 11) is 0. The minimum absolute atomic E-state index is 0.163. The molecule has 7 heteroatoms. The van der Waals surface area contributed by atoms with Gasteiger partial charge in [-0.05, 0) is 13.0 Å². The second kappa shape index (κ2) is 9.13. The van der Waals surface area contributed by atoms with Crippen molar-refractivity contribution in [3.05, 3.63) is 55.2 Å². The number of nitrogens with one attached hydrogen (secondary N) is 1. The molecule has 0 atom stereocenters. The van der Waals surface area contributed by atoms with Crippen LogP contribution in [0.3, 0.4) is 0 Å². The first kappa shape index (κ1) is 16.2. The van der Waals surface area contributed by atoms with Gasteiger partial charge in [0.25, 0.3) is 0 Å². The van der Waals surface area contributed by atoms with E-state index in [1.54, 1.807) is 6.08 Å². The van der Waals surface area contributed by atoms with Crippen LogP contribution in [0.25, 0.3) is 5.57 Å². The third kappa shape index (κ3) is 4.98. The molecule has 0 aliphatic carbocycles. The molecular formula is C14H17N7. The van der Waals surface area contributed by atoms with Crippen molar-refractivity contribution in [2.75, 3.05) is 0 Å². The first-order valence-corrected chi connectivity index (χ1v) is 6.49. The van der Waals surface area contributed by atoms with Gasteiger partial charge >= 0.3 is 0 Å². The van der Waals surface area contributed by atoms with Gasteiger partial charge in [-0.1, -0.05) is 26.0 Å². The van der Waals surface area contributed by atoms with Gasteiger partial charge in [-0.3, -0.25) is 5.41 Å². The highest BCUT2D eigenvalue weighted by molar-refractivity contribution is 6.08. The molecule has 0 spiro atoms. The van der Waals surface area contributed by atoms with Crippen molar-refractivity contribution in [2.24, 2.45) is 0 Å². The first-order chi connectivity index (χ1) is 10.3. The molecule has 0 aromatic carbocycles. The van der Waals surface area contributed by atoms with Crippen LogP contribution in [0.15, 0.2) is 43.5 Å². The normalized spacial score (nSPS) is 10.9. The Labute approximate surface area is 123 Å². The van der Waals surface area contributed by atoms with E-state index in [0.717, 1.165) is 0 Å². The predicted octanol–water partition coefficient (Wildman–Crippen LogP) is 2.11. The molecule has 0 fully saturated rings. The van der Waals surface area contributed by atoms with Gasteiger partial charge in [-0.2, -0.15) is 0 Å². The molecule has 108 valence electrons. The summed E-state index contributed by atoms with van der Waals surface area (Å²) < 4.78 is 0. The van der Waals surface area contributed by atoms with Crippen molar-refractivity contribution in [2.45, 2.75) is 20.8 Å². The second-order valence-electron chi connectivity index (χ2n) is 3.44. The van der Waals surface area contributed by atoms with Gasteiger partial charge in [0.1, 0.15) is 25.3 Å². The molecule has 0 saturated heterocycles. The molecule has 2 aromatic heterocycles. The van der Waals surface area contributed by atoms with E-state index < -0.39 is 0 Å². The maximum atomic E-state index is 7.95. The van der Waals surface area contributed by atoms with Crippen LogP contribution in [-0.2, 0) is 0 Å². The van der Waals surface area contributed by atoms with Crippen LogP contribution in [0, 0.1) is 5.41 Å². The molecule has 2 aromatic rings. The molecule has 2 heterocycles. The summed E-state index contributed by atoms with van der Waals surface area (Å²) in [6.07, 6.45) is 10.8. The number of hydrogen-bond acceptors (Lipinski definition) is 7. The Kier molecular flexibility index (Phi) is 7.06. The Balaban J connectivity index is 0.00000106. The first-order valence-electron chi connectivity index (χ1n) is 6.49. The van der Waals surface area contributed by atoms with E-state index in [1.165, 1.54) is 25.3 Å². The fourth-order valence-electron chi connectivity index (χ4n) is 1.35. The number of aromatic nitrogens is 6. The van der Waals surface area contributed by atoms with Crippen molar-refractivity contribution in [1.82, 2.24) is 29.9 Å². The van der Waals surface area contributed by atoms with Gasteiger partial charge < -0.3 is 0 Å². The SMILES string of the molecule is C/C=C\C(=C/C(=N)c1ncncn1)c1ncncn1.CC. The highest BCUT2D eigenvalue weighted by Gasteiger charge is 2.06. The Morgan fingerprint density at radius 2 is 1.38 bits per heavy atom. The number of nitrogens with zero attached hydrogens (tertiary/aromatic N) is 6. The minimum atomic E-state index is 0.163. The topological polar surface area (TPSA) is 101 Å². The molecule has 0 unspecified atom stereocenters. The molecule has 0 saturated carbocycles. The Bertz CT molecular complexity index is 606. The van der Waals surface area contributed by atoms with Crippen molar-refractivity contribution >= 4 is 11.3 Å². The predicted molar refractivity (Wildman–Crippen MR) is 80.6 cm³/mol. The summed E-state index contributed by atoms with van der Waals surface area (Å²) in [5.74, 6) is 0.790. The fourth-order valence-corrected chi connectivity index (χ4v) is 1.35.